The highest BCUT2D eigenvalue weighted by Crippen LogP contribution is 2.27. The molecule has 2 atom stereocenters. The zero-order chi connectivity index (χ0) is 13.2. The minimum atomic E-state index is -0.110. The smallest absolute Gasteiger partial charge is 0.0743 e. The molecule has 4 N–H and O–H groups in total. The molecule has 1 aromatic heterocycles. The number of aromatic nitrogens is 1. The average Bonchev–Trinajstić information content (AvgIpc) is 2.81. The molecular weight excluding hydrogens is 238 g/mol. The van der Waals surface area contributed by atoms with Crippen LogP contribution < -0.4 is 11.1 Å². The number of benzene rings is 1. The molecule has 1 aliphatic carbocycles. The van der Waals surface area contributed by atoms with Gasteiger partial charge in [-0.2, -0.15) is 0 Å². The number of pyridine rings is 1. The Balaban J connectivity index is 1.77. The van der Waals surface area contributed by atoms with Crippen LogP contribution >= 0.6 is 0 Å². The van der Waals surface area contributed by atoms with E-state index in [4.69, 9.17) is 5.73 Å². The van der Waals surface area contributed by atoms with E-state index in [0.29, 0.717) is 5.92 Å². The highest BCUT2D eigenvalue weighted by molar-refractivity contribution is 5.92. The second kappa shape index (κ2) is 5.05. The first-order valence-corrected chi connectivity index (χ1v) is 6.78. The number of hydrogen-bond acceptors (Lipinski definition) is 4. The Kier molecular flexibility index (Phi) is 3.25. The highest BCUT2D eigenvalue weighted by Gasteiger charge is 2.22. The summed E-state index contributed by atoms with van der Waals surface area (Å²) in [5, 5.41) is 14.1. The minimum absolute atomic E-state index is 0.110. The molecule has 0 amide bonds. The van der Waals surface area contributed by atoms with Crippen molar-refractivity contribution in [2.45, 2.75) is 25.4 Å². The second-order valence-corrected chi connectivity index (χ2v) is 5.35. The van der Waals surface area contributed by atoms with Crippen molar-refractivity contribution in [3.63, 3.8) is 0 Å². The first kappa shape index (κ1) is 12.2. The summed E-state index contributed by atoms with van der Waals surface area (Å²) in [7, 11) is 0. The third kappa shape index (κ3) is 2.63. The van der Waals surface area contributed by atoms with Gasteiger partial charge in [0.25, 0.3) is 0 Å². The van der Waals surface area contributed by atoms with Gasteiger partial charge in [-0.05, 0) is 49.4 Å². The van der Waals surface area contributed by atoms with E-state index < -0.39 is 0 Å². The van der Waals surface area contributed by atoms with Gasteiger partial charge in [0.1, 0.15) is 0 Å². The summed E-state index contributed by atoms with van der Waals surface area (Å²) in [4.78, 5) is 4.33. The zero-order valence-corrected chi connectivity index (χ0v) is 10.8. The molecule has 2 unspecified atom stereocenters. The van der Waals surface area contributed by atoms with E-state index in [9.17, 15) is 5.11 Å². The van der Waals surface area contributed by atoms with Gasteiger partial charge in [0.2, 0.25) is 0 Å². The van der Waals surface area contributed by atoms with Crippen LogP contribution in [0.4, 0.5) is 11.4 Å². The van der Waals surface area contributed by atoms with Crippen LogP contribution in [0.25, 0.3) is 10.9 Å². The molecule has 2 aromatic rings. The van der Waals surface area contributed by atoms with Crippen LogP contribution in [0.1, 0.15) is 19.3 Å². The Morgan fingerprint density at radius 1 is 1.32 bits per heavy atom. The number of nitrogen functional groups attached to an aromatic ring is 1. The summed E-state index contributed by atoms with van der Waals surface area (Å²) in [5.74, 6) is 0.562. The molecule has 1 aliphatic rings. The van der Waals surface area contributed by atoms with Gasteiger partial charge in [0.15, 0.2) is 0 Å². The second-order valence-electron chi connectivity index (χ2n) is 5.35. The lowest BCUT2D eigenvalue weighted by Crippen LogP contribution is -2.12. The molecule has 1 fully saturated rings. The summed E-state index contributed by atoms with van der Waals surface area (Å²) in [6, 6.07) is 7.78. The molecular formula is C15H19N3O. The number of aliphatic hydroxyl groups excluding tert-OH is 1. The first-order valence-electron chi connectivity index (χ1n) is 6.78. The van der Waals surface area contributed by atoms with E-state index >= 15 is 0 Å². The number of anilines is 2. The summed E-state index contributed by atoms with van der Waals surface area (Å²) < 4.78 is 0. The van der Waals surface area contributed by atoms with Crippen molar-refractivity contribution in [2.75, 3.05) is 17.6 Å². The average molecular weight is 257 g/mol. The Hall–Kier alpha value is -1.81. The third-order valence-electron chi connectivity index (χ3n) is 3.86. The summed E-state index contributed by atoms with van der Waals surface area (Å²) in [6.07, 6.45) is 4.63. The van der Waals surface area contributed by atoms with E-state index in [1.54, 1.807) is 6.20 Å². The highest BCUT2D eigenvalue weighted by atomic mass is 16.3. The standard InChI is InChI=1S/C15H19N3O/c16-11-2-4-13-14(5-6-17-15(13)8-11)18-9-10-1-3-12(19)7-10/h2,4-6,8,10,12,19H,1,3,7,9,16H2,(H,17,18). The van der Waals surface area contributed by atoms with Crippen molar-refractivity contribution in [1.82, 2.24) is 4.98 Å². The predicted octanol–water partition coefficient (Wildman–Crippen LogP) is 2.39. The summed E-state index contributed by atoms with van der Waals surface area (Å²) in [6.45, 7) is 0.903. The largest absolute Gasteiger partial charge is 0.399 e. The zero-order valence-electron chi connectivity index (χ0n) is 10.8. The number of nitrogens with two attached hydrogens (primary N) is 1. The van der Waals surface area contributed by atoms with Crippen molar-refractivity contribution in [3.8, 4) is 0 Å². The molecule has 1 heterocycles. The normalized spacial score (nSPS) is 22.8. The molecule has 0 radical (unpaired) electrons. The lowest BCUT2D eigenvalue weighted by Gasteiger charge is -2.13. The minimum Gasteiger partial charge on any atom is -0.399 e. The quantitative estimate of drug-likeness (QED) is 0.738. The van der Waals surface area contributed by atoms with Crippen molar-refractivity contribution in [1.29, 1.82) is 0 Å². The molecule has 0 spiro atoms. The van der Waals surface area contributed by atoms with Gasteiger partial charge in [0.05, 0.1) is 11.6 Å². The topological polar surface area (TPSA) is 71.2 Å². The van der Waals surface area contributed by atoms with Gasteiger partial charge in [-0.3, -0.25) is 4.98 Å². The Morgan fingerprint density at radius 3 is 3.00 bits per heavy atom. The molecule has 1 saturated carbocycles. The lowest BCUT2D eigenvalue weighted by molar-refractivity contribution is 0.178. The van der Waals surface area contributed by atoms with E-state index in [-0.39, 0.29) is 6.10 Å². The van der Waals surface area contributed by atoms with E-state index in [1.165, 1.54) is 0 Å². The fourth-order valence-corrected chi connectivity index (χ4v) is 2.81. The molecule has 0 bridgehead atoms. The van der Waals surface area contributed by atoms with Crippen LogP contribution in [0, 0.1) is 5.92 Å². The molecule has 19 heavy (non-hydrogen) atoms. The molecule has 3 rings (SSSR count). The third-order valence-corrected chi connectivity index (χ3v) is 3.86. The fourth-order valence-electron chi connectivity index (χ4n) is 2.81. The SMILES string of the molecule is Nc1ccc2c(NCC3CCC(O)C3)ccnc2c1. The first-order chi connectivity index (χ1) is 9.22. The lowest BCUT2D eigenvalue weighted by atomic mass is 10.1. The number of hydrogen-bond donors (Lipinski definition) is 3. The van der Waals surface area contributed by atoms with Crippen molar-refractivity contribution < 1.29 is 5.11 Å². The van der Waals surface area contributed by atoms with E-state index in [0.717, 1.165) is 48.1 Å². The van der Waals surface area contributed by atoms with Gasteiger partial charge in [-0.15, -0.1) is 0 Å². The fraction of sp³-hybridized carbons (Fsp3) is 0.400. The molecule has 0 saturated heterocycles. The van der Waals surface area contributed by atoms with Crippen molar-refractivity contribution >= 4 is 22.3 Å². The maximum atomic E-state index is 9.55. The Morgan fingerprint density at radius 2 is 2.21 bits per heavy atom. The van der Waals surface area contributed by atoms with Gasteiger partial charge in [0, 0.05) is 29.5 Å². The van der Waals surface area contributed by atoms with E-state index in [2.05, 4.69) is 10.3 Å². The maximum absolute atomic E-state index is 9.55. The molecule has 0 aliphatic heterocycles. The van der Waals surface area contributed by atoms with Crippen LogP contribution in [-0.4, -0.2) is 22.7 Å². The van der Waals surface area contributed by atoms with Gasteiger partial charge >= 0.3 is 0 Å². The monoisotopic (exact) mass is 257 g/mol. The van der Waals surface area contributed by atoms with E-state index in [1.807, 2.05) is 24.3 Å². The number of nitrogens with zero attached hydrogens (tertiary/aromatic N) is 1. The van der Waals surface area contributed by atoms with Gasteiger partial charge < -0.3 is 16.2 Å². The summed E-state index contributed by atoms with van der Waals surface area (Å²) >= 11 is 0. The molecule has 1 aromatic carbocycles. The van der Waals surface area contributed by atoms with Crippen molar-refractivity contribution in [3.05, 3.63) is 30.5 Å². The van der Waals surface area contributed by atoms with Crippen LogP contribution in [-0.2, 0) is 0 Å². The van der Waals surface area contributed by atoms with Crippen LogP contribution in [0.2, 0.25) is 0 Å². The van der Waals surface area contributed by atoms with Crippen LogP contribution in [0.5, 0.6) is 0 Å². The number of aliphatic hydroxyl groups is 1. The summed E-state index contributed by atoms with van der Waals surface area (Å²) in [5.41, 5.74) is 8.51. The van der Waals surface area contributed by atoms with Crippen LogP contribution in [0.15, 0.2) is 30.5 Å². The predicted molar refractivity (Wildman–Crippen MR) is 78.0 cm³/mol. The number of nitrogens with one attached hydrogen (secondary N) is 1. The number of fused-ring (bicyclic) bond motifs is 1. The Bertz CT molecular complexity index is 585. The molecule has 4 nitrogen and oxygen atoms in total. The maximum Gasteiger partial charge on any atom is 0.0743 e. The number of rotatable bonds is 3. The van der Waals surface area contributed by atoms with Crippen LogP contribution in [0.3, 0.4) is 0 Å². The van der Waals surface area contributed by atoms with Gasteiger partial charge in [-0.1, -0.05) is 0 Å². The van der Waals surface area contributed by atoms with Gasteiger partial charge in [-0.25, -0.2) is 0 Å². The Labute approximate surface area is 112 Å². The van der Waals surface area contributed by atoms with Crippen molar-refractivity contribution in [2.24, 2.45) is 5.92 Å². The molecule has 4 heteroatoms. The molecule has 100 valence electrons.